The van der Waals surface area contributed by atoms with Crippen LogP contribution in [0.4, 0.5) is 5.82 Å². The van der Waals surface area contributed by atoms with E-state index in [0.29, 0.717) is 11.6 Å². The lowest BCUT2D eigenvalue weighted by molar-refractivity contribution is 0.928. The Balaban J connectivity index is 2.38. The van der Waals surface area contributed by atoms with Crippen molar-refractivity contribution < 1.29 is 0 Å². The van der Waals surface area contributed by atoms with Gasteiger partial charge in [0.15, 0.2) is 0 Å². The van der Waals surface area contributed by atoms with Gasteiger partial charge in [0, 0.05) is 0 Å². The Labute approximate surface area is 87.4 Å². The molecule has 2 rings (SSSR count). The molecule has 0 saturated heterocycles. The van der Waals surface area contributed by atoms with E-state index in [1.54, 1.807) is 0 Å². The average Bonchev–Trinajstić information content (AvgIpc) is 2.68. The number of hydrogen-bond donors (Lipinski definition) is 2. The van der Waals surface area contributed by atoms with Crippen molar-refractivity contribution in [2.45, 2.75) is 5.92 Å². The van der Waals surface area contributed by atoms with Crippen molar-refractivity contribution in [2.75, 3.05) is 5.73 Å². The minimum atomic E-state index is -0.386. The summed E-state index contributed by atoms with van der Waals surface area (Å²) in [7, 11) is 0. The number of aromatic nitrogens is 2. The molecule has 15 heavy (non-hydrogen) atoms. The highest BCUT2D eigenvalue weighted by atomic mass is 15.0. The van der Waals surface area contributed by atoms with E-state index in [1.165, 1.54) is 6.20 Å². The van der Waals surface area contributed by atoms with Gasteiger partial charge in [0.1, 0.15) is 17.6 Å². The fourth-order valence-corrected chi connectivity index (χ4v) is 1.44. The number of nitriles is 1. The lowest BCUT2D eigenvalue weighted by Crippen LogP contribution is -2.00. The Morgan fingerprint density at radius 3 is 2.60 bits per heavy atom. The SMILES string of the molecule is N#CC(c1ccccc1)c1ncc(N)[nH]1. The van der Waals surface area contributed by atoms with Gasteiger partial charge in [0.05, 0.1) is 12.3 Å². The first-order valence-corrected chi connectivity index (χ1v) is 4.56. The van der Waals surface area contributed by atoms with Gasteiger partial charge in [0.2, 0.25) is 0 Å². The molecule has 0 spiro atoms. The van der Waals surface area contributed by atoms with E-state index in [9.17, 15) is 0 Å². The van der Waals surface area contributed by atoms with Crippen molar-refractivity contribution in [3.05, 3.63) is 47.9 Å². The molecular weight excluding hydrogens is 188 g/mol. The highest BCUT2D eigenvalue weighted by Gasteiger charge is 2.15. The van der Waals surface area contributed by atoms with E-state index >= 15 is 0 Å². The zero-order valence-electron chi connectivity index (χ0n) is 8.01. The summed E-state index contributed by atoms with van der Waals surface area (Å²) in [5.41, 5.74) is 6.43. The molecule has 1 atom stereocenters. The number of nitrogens with zero attached hydrogens (tertiary/aromatic N) is 2. The van der Waals surface area contributed by atoms with Crippen molar-refractivity contribution >= 4 is 5.82 Å². The van der Waals surface area contributed by atoms with E-state index in [-0.39, 0.29) is 5.92 Å². The normalized spacial score (nSPS) is 11.9. The van der Waals surface area contributed by atoms with Crippen LogP contribution in [0.15, 0.2) is 36.5 Å². The van der Waals surface area contributed by atoms with Crippen LogP contribution in [0.5, 0.6) is 0 Å². The van der Waals surface area contributed by atoms with Gasteiger partial charge in [-0.3, -0.25) is 0 Å². The fourth-order valence-electron chi connectivity index (χ4n) is 1.44. The van der Waals surface area contributed by atoms with Crippen LogP contribution >= 0.6 is 0 Å². The van der Waals surface area contributed by atoms with E-state index < -0.39 is 0 Å². The lowest BCUT2D eigenvalue weighted by atomic mass is 10.0. The monoisotopic (exact) mass is 198 g/mol. The van der Waals surface area contributed by atoms with Gasteiger partial charge in [-0.2, -0.15) is 5.26 Å². The van der Waals surface area contributed by atoms with Gasteiger partial charge in [-0.1, -0.05) is 30.3 Å². The van der Waals surface area contributed by atoms with Crippen LogP contribution in [0.25, 0.3) is 0 Å². The maximum atomic E-state index is 9.09. The number of benzene rings is 1. The number of rotatable bonds is 2. The first-order chi connectivity index (χ1) is 7.31. The number of hydrogen-bond acceptors (Lipinski definition) is 3. The standard InChI is InChI=1S/C11H10N4/c12-6-9(8-4-2-1-3-5-8)11-14-7-10(13)15-11/h1-5,7,9H,13H2,(H,14,15). The Morgan fingerprint density at radius 1 is 1.33 bits per heavy atom. The third-order valence-corrected chi connectivity index (χ3v) is 2.15. The van der Waals surface area contributed by atoms with Crippen molar-refractivity contribution in [3.8, 4) is 6.07 Å². The van der Waals surface area contributed by atoms with Crippen molar-refractivity contribution in [2.24, 2.45) is 0 Å². The second kappa shape index (κ2) is 3.84. The molecule has 0 aliphatic carbocycles. The molecule has 0 amide bonds. The summed E-state index contributed by atoms with van der Waals surface area (Å²) >= 11 is 0. The number of anilines is 1. The molecule has 1 aromatic carbocycles. The molecule has 3 N–H and O–H groups in total. The molecule has 0 aliphatic rings. The Bertz CT molecular complexity index is 481. The summed E-state index contributed by atoms with van der Waals surface area (Å²) in [5, 5.41) is 9.09. The molecule has 4 heteroatoms. The van der Waals surface area contributed by atoms with E-state index in [4.69, 9.17) is 11.0 Å². The summed E-state index contributed by atoms with van der Waals surface area (Å²) in [6, 6.07) is 11.7. The minimum absolute atomic E-state index is 0.386. The van der Waals surface area contributed by atoms with Crippen molar-refractivity contribution in [1.29, 1.82) is 5.26 Å². The van der Waals surface area contributed by atoms with E-state index in [0.717, 1.165) is 5.56 Å². The van der Waals surface area contributed by atoms with Crippen molar-refractivity contribution in [1.82, 2.24) is 9.97 Å². The summed E-state index contributed by atoms with van der Waals surface area (Å²) < 4.78 is 0. The molecule has 0 radical (unpaired) electrons. The highest BCUT2D eigenvalue weighted by Crippen LogP contribution is 2.21. The summed E-state index contributed by atoms with van der Waals surface area (Å²) in [6.07, 6.45) is 1.52. The molecule has 74 valence electrons. The molecule has 0 fully saturated rings. The molecule has 4 nitrogen and oxygen atoms in total. The van der Waals surface area contributed by atoms with Crippen LogP contribution in [0.3, 0.4) is 0 Å². The van der Waals surface area contributed by atoms with Crippen LogP contribution < -0.4 is 5.73 Å². The third-order valence-electron chi connectivity index (χ3n) is 2.15. The quantitative estimate of drug-likeness (QED) is 0.770. The van der Waals surface area contributed by atoms with Gasteiger partial charge in [-0.15, -0.1) is 0 Å². The Hall–Kier alpha value is -2.28. The van der Waals surface area contributed by atoms with Gasteiger partial charge in [-0.25, -0.2) is 4.98 Å². The van der Waals surface area contributed by atoms with Crippen LogP contribution in [-0.4, -0.2) is 9.97 Å². The summed E-state index contributed by atoms with van der Waals surface area (Å²) in [5.74, 6) is 0.672. The van der Waals surface area contributed by atoms with Gasteiger partial charge < -0.3 is 10.7 Å². The average molecular weight is 198 g/mol. The lowest BCUT2D eigenvalue weighted by Gasteiger charge is -2.05. The van der Waals surface area contributed by atoms with Gasteiger partial charge in [-0.05, 0) is 5.56 Å². The third kappa shape index (κ3) is 1.81. The molecule has 0 saturated carbocycles. The maximum Gasteiger partial charge on any atom is 0.129 e. The van der Waals surface area contributed by atoms with E-state index in [2.05, 4.69) is 16.0 Å². The van der Waals surface area contributed by atoms with Crippen LogP contribution in [0.1, 0.15) is 17.3 Å². The van der Waals surface area contributed by atoms with Gasteiger partial charge >= 0.3 is 0 Å². The molecule has 2 aromatic rings. The minimum Gasteiger partial charge on any atom is -0.384 e. The molecule has 1 unspecified atom stereocenters. The number of nitrogens with one attached hydrogen (secondary N) is 1. The van der Waals surface area contributed by atoms with Crippen LogP contribution in [-0.2, 0) is 0 Å². The number of nitrogens with two attached hydrogens (primary N) is 1. The second-order valence-electron chi connectivity index (χ2n) is 3.20. The summed E-state index contributed by atoms with van der Waals surface area (Å²) in [4.78, 5) is 6.93. The number of imidazole rings is 1. The van der Waals surface area contributed by atoms with Gasteiger partial charge in [0.25, 0.3) is 0 Å². The predicted octanol–water partition coefficient (Wildman–Crippen LogP) is 1.65. The molecule has 0 bridgehead atoms. The smallest absolute Gasteiger partial charge is 0.129 e. The summed E-state index contributed by atoms with van der Waals surface area (Å²) in [6.45, 7) is 0. The predicted molar refractivity (Wildman–Crippen MR) is 56.9 cm³/mol. The van der Waals surface area contributed by atoms with E-state index in [1.807, 2.05) is 30.3 Å². The number of H-pyrrole nitrogens is 1. The number of nitrogen functional groups attached to an aromatic ring is 1. The first-order valence-electron chi connectivity index (χ1n) is 4.56. The molecule has 1 heterocycles. The first kappa shape index (κ1) is 9.28. The molecule has 0 aliphatic heterocycles. The second-order valence-corrected chi connectivity index (χ2v) is 3.20. The fraction of sp³-hybridized carbons (Fsp3) is 0.0909. The van der Waals surface area contributed by atoms with Crippen LogP contribution in [0, 0.1) is 11.3 Å². The number of aromatic amines is 1. The van der Waals surface area contributed by atoms with Crippen LogP contribution in [0.2, 0.25) is 0 Å². The van der Waals surface area contributed by atoms with Crippen molar-refractivity contribution in [3.63, 3.8) is 0 Å². The highest BCUT2D eigenvalue weighted by molar-refractivity contribution is 5.35. The largest absolute Gasteiger partial charge is 0.384 e. The zero-order chi connectivity index (χ0) is 10.7. The molecule has 1 aromatic heterocycles. The zero-order valence-corrected chi connectivity index (χ0v) is 8.01. The Kier molecular flexibility index (Phi) is 2.38. The molecular formula is C11H10N4. The topological polar surface area (TPSA) is 78.5 Å². The Morgan fingerprint density at radius 2 is 2.07 bits per heavy atom. The maximum absolute atomic E-state index is 9.09.